The molecule has 0 saturated heterocycles. The topological polar surface area (TPSA) is 135 Å². The van der Waals surface area contributed by atoms with Crippen LogP contribution in [0.1, 0.15) is 0 Å². The van der Waals surface area contributed by atoms with E-state index in [0.717, 1.165) is 4.47 Å². The van der Waals surface area contributed by atoms with Gasteiger partial charge in [0.2, 0.25) is 5.65 Å². The predicted octanol–water partition coefficient (Wildman–Crippen LogP) is 1.84. The van der Waals surface area contributed by atoms with E-state index in [4.69, 9.17) is 19.8 Å². The van der Waals surface area contributed by atoms with Gasteiger partial charge in [-0.3, -0.25) is 0 Å². The van der Waals surface area contributed by atoms with Gasteiger partial charge in [-0.1, -0.05) is 15.9 Å². The highest BCUT2D eigenvalue weighted by Crippen LogP contribution is 2.42. The molecule has 0 aliphatic carbocycles. The van der Waals surface area contributed by atoms with Gasteiger partial charge in [-0.15, -0.1) is 0 Å². The van der Waals surface area contributed by atoms with Crippen LogP contribution in [0.2, 0.25) is 0 Å². The summed E-state index contributed by atoms with van der Waals surface area (Å²) < 4.78 is 24.4. The number of hydrogen-bond donors (Lipinski definition) is 2. The lowest BCUT2D eigenvalue weighted by Crippen LogP contribution is -2.17. The Bertz CT molecular complexity index is 935. The highest BCUT2D eigenvalue weighted by molar-refractivity contribution is 9.10. The van der Waals surface area contributed by atoms with Crippen molar-refractivity contribution in [3.8, 4) is 5.75 Å². The molecule has 2 heterocycles. The van der Waals surface area contributed by atoms with E-state index in [1.54, 1.807) is 24.3 Å². The van der Waals surface area contributed by atoms with Crippen LogP contribution in [0.15, 0.2) is 41.4 Å². The predicted molar refractivity (Wildman–Crippen MR) is 96.6 cm³/mol. The summed E-state index contributed by atoms with van der Waals surface area (Å²) in [4.78, 5) is 27.1. The highest BCUT2D eigenvalue weighted by atomic mass is 79.9. The minimum Gasteiger partial charge on any atom is -0.423 e. The Labute approximate surface area is 156 Å². The van der Waals surface area contributed by atoms with Gasteiger partial charge in [0.1, 0.15) is 25.0 Å². The first-order chi connectivity index (χ1) is 12.4. The summed E-state index contributed by atoms with van der Waals surface area (Å²) in [6.45, 7) is 0.169. The summed E-state index contributed by atoms with van der Waals surface area (Å²) in [6, 6.07) is 6.56. The Morgan fingerprint density at radius 1 is 1.19 bits per heavy atom. The molecule has 1 unspecified atom stereocenters. The van der Waals surface area contributed by atoms with Gasteiger partial charge in [0.05, 0.1) is 6.61 Å². The lowest BCUT2D eigenvalue weighted by molar-refractivity contribution is 0.0525. The second kappa shape index (κ2) is 8.00. The van der Waals surface area contributed by atoms with E-state index in [0.29, 0.717) is 11.2 Å². The number of fused-ring (bicyclic) bond motifs is 1. The van der Waals surface area contributed by atoms with Crippen LogP contribution >= 0.6 is 23.5 Å². The van der Waals surface area contributed by atoms with Gasteiger partial charge < -0.3 is 24.7 Å². The first kappa shape index (κ1) is 18.6. The van der Waals surface area contributed by atoms with Gasteiger partial charge in [-0.2, -0.15) is 4.73 Å². The fraction of sp³-hybridized carbons (Fsp3) is 0.214. The van der Waals surface area contributed by atoms with Crippen molar-refractivity contribution in [3.05, 3.63) is 41.4 Å². The molecule has 10 nitrogen and oxygen atoms in total. The SMILES string of the molecule is Nc1ncnc2c1ncn2OCCOCP(=O)(O)Oc1ccc(Br)cc1. The van der Waals surface area contributed by atoms with Crippen LogP contribution in [0.25, 0.3) is 11.2 Å². The smallest absolute Gasteiger partial charge is 0.402 e. The summed E-state index contributed by atoms with van der Waals surface area (Å²) in [7, 11) is -3.92. The Hall–Kier alpha value is -2.20. The number of aromatic nitrogens is 4. The van der Waals surface area contributed by atoms with Crippen molar-refractivity contribution >= 4 is 40.5 Å². The van der Waals surface area contributed by atoms with E-state index in [1.807, 2.05) is 0 Å². The van der Waals surface area contributed by atoms with Crippen LogP contribution < -0.4 is 15.1 Å². The van der Waals surface area contributed by atoms with E-state index in [9.17, 15) is 9.46 Å². The summed E-state index contributed by atoms with van der Waals surface area (Å²) in [5.74, 6) is 0.529. The van der Waals surface area contributed by atoms with Crippen molar-refractivity contribution in [2.75, 3.05) is 25.3 Å². The number of nitrogens with zero attached hydrogens (tertiary/aromatic N) is 4. The summed E-state index contributed by atoms with van der Waals surface area (Å²) in [5.41, 5.74) is 6.53. The summed E-state index contributed by atoms with van der Waals surface area (Å²) in [5, 5.41) is 0. The van der Waals surface area contributed by atoms with Gasteiger partial charge in [0.25, 0.3) is 0 Å². The van der Waals surface area contributed by atoms with Crippen LogP contribution in [-0.4, -0.2) is 44.1 Å². The van der Waals surface area contributed by atoms with E-state index in [1.165, 1.54) is 17.4 Å². The first-order valence-electron chi connectivity index (χ1n) is 7.36. The van der Waals surface area contributed by atoms with Crippen molar-refractivity contribution < 1.29 is 23.6 Å². The number of rotatable bonds is 8. The number of nitrogens with two attached hydrogens (primary N) is 1. The second-order valence-electron chi connectivity index (χ2n) is 5.05. The zero-order chi connectivity index (χ0) is 18.6. The van der Waals surface area contributed by atoms with Gasteiger partial charge in [-0.25, -0.2) is 19.5 Å². The number of benzene rings is 1. The van der Waals surface area contributed by atoms with E-state index in [2.05, 4.69) is 30.9 Å². The van der Waals surface area contributed by atoms with Crippen molar-refractivity contribution in [1.29, 1.82) is 0 Å². The van der Waals surface area contributed by atoms with Crippen LogP contribution in [0.3, 0.4) is 0 Å². The Morgan fingerprint density at radius 2 is 1.96 bits per heavy atom. The van der Waals surface area contributed by atoms with Gasteiger partial charge in [0.15, 0.2) is 17.7 Å². The molecule has 2 aromatic heterocycles. The van der Waals surface area contributed by atoms with Gasteiger partial charge in [-0.05, 0) is 24.3 Å². The van der Waals surface area contributed by atoms with Crippen molar-refractivity contribution in [3.63, 3.8) is 0 Å². The number of halogens is 1. The third-order valence-corrected chi connectivity index (χ3v) is 4.64. The Morgan fingerprint density at radius 3 is 2.73 bits per heavy atom. The normalized spacial score (nSPS) is 13.5. The van der Waals surface area contributed by atoms with Crippen molar-refractivity contribution in [2.45, 2.75) is 0 Å². The molecular formula is C14H15BrN5O5P. The molecule has 0 fully saturated rings. The molecule has 1 aromatic carbocycles. The standard InChI is InChI=1S/C14H15BrN5O5P/c15-10-1-3-11(4-2-10)25-26(21,22)9-23-5-6-24-20-8-19-12-13(16)17-7-18-14(12)20/h1-4,7-8H,5-6,9H2,(H,21,22)(H2,16,17,18). The molecule has 138 valence electrons. The number of hydrogen-bond acceptors (Lipinski definition) is 8. The average Bonchev–Trinajstić information content (AvgIpc) is 3.01. The molecule has 0 amide bonds. The lowest BCUT2D eigenvalue weighted by Gasteiger charge is -2.14. The quantitative estimate of drug-likeness (QED) is 0.394. The maximum Gasteiger partial charge on any atom is 0.402 e. The molecule has 26 heavy (non-hydrogen) atoms. The van der Waals surface area contributed by atoms with E-state index < -0.39 is 13.9 Å². The molecular weight excluding hydrogens is 429 g/mol. The van der Waals surface area contributed by atoms with Gasteiger partial charge >= 0.3 is 7.60 Å². The third kappa shape index (κ3) is 4.70. The molecule has 12 heteroatoms. The van der Waals surface area contributed by atoms with Gasteiger partial charge in [0, 0.05) is 4.47 Å². The average molecular weight is 444 g/mol. The molecule has 3 N–H and O–H groups in total. The van der Waals surface area contributed by atoms with E-state index in [-0.39, 0.29) is 24.8 Å². The maximum atomic E-state index is 12.0. The monoisotopic (exact) mass is 443 g/mol. The van der Waals surface area contributed by atoms with Crippen molar-refractivity contribution in [1.82, 2.24) is 19.7 Å². The molecule has 3 aromatic rings. The fourth-order valence-electron chi connectivity index (χ4n) is 1.99. The van der Waals surface area contributed by atoms with E-state index >= 15 is 0 Å². The van der Waals surface area contributed by atoms with Crippen LogP contribution in [0.5, 0.6) is 5.75 Å². The minimum atomic E-state index is -3.92. The summed E-state index contributed by atoms with van der Waals surface area (Å²) >= 11 is 3.27. The molecule has 0 aliphatic heterocycles. The van der Waals surface area contributed by atoms with Crippen LogP contribution in [-0.2, 0) is 9.30 Å². The Kier molecular flexibility index (Phi) is 5.72. The molecule has 0 radical (unpaired) electrons. The minimum absolute atomic E-state index is 0.0640. The highest BCUT2D eigenvalue weighted by Gasteiger charge is 2.21. The lowest BCUT2D eigenvalue weighted by atomic mass is 10.3. The number of anilines is 1. The number of ether oxygens (including phenoxy) is 1. The molecule has 0 bridgehead atoms. The zero-order valence-corrected chi connectivity index (χ0v) is 15.8. The second-order valence-corrected chi connectivity index (χ2v) is 7.69. The molecule has 0 spiro atoms. The zero-order valence-electron chi connectivity index (χ0n) is 13.4. The van der Waals surface area contributed by atoms with Crippen molar-refractivity contribution in [2.24, 2.45) is 0 Å². The maximum absolute atomic E-state index is 12.0. The van der Waals surface area contributed by atoms with Crippen LogP contribution in [0.4, 0.5) is 5.82 Å². The summed E-state index contributed by atoms with van der Waals surface area (Å²) in [6.07, 6.45) is 2.24. The first-order valence-corrected chi connectivity index (χ1v) is 9.92. The third-order valence-electron chi connectivity index (χ3n) is 3.11. The number of imidazole rings is 1. The number of nitrogen functional groups attached to an aromatic ring is 1. The largest absolute Gasteiger partial charge is 0.423 e. The molecule has 0 saturated carbocycles. The van der Waals surface area contributed by atoms with Crippen LogP contribution in [0, 0.1) is 0 Å². The Balaban J connectivity index is 1.45. The molecule has 0 aliphatic rings. The fourth-order valence-corrected chi connectivity index (χ4v) is 3.12. The molecule has 3 rings (SSSR count). The molecule has 1 atom stereocenters.